The van der Waals surface area contributed by atoms with E-state index in [9.17, 15) is 0 Å². The molecule has 13 aromatic rings. The molecule has 0 fully saturated rings. The first kappa shape index (κ1) is 39.9. The first-order chi connectivity index (χ1) is 34.7. The van der Waals surface area contributed by atoms with Gasteiger partial charge in [0, 0.05) is 49.7 Å². The van der Waals surface area contributed by atoms with Crippen molar-refractivity contribution in [2.75, 3.05) is 4.90 Å². The molecular formula is C67H43NO2. The monoisotopic (exact) mass is 893 g/mol. The average molecular weight is 894 g/mol. The molecule has 11 aromatic carbocycles. The highest BCUT2D eigenvalue weighted by atomic mass is 16.3. The fourth-order valence-corrected chi connectivity index (χ4v) is 11.5. The first-order valence-corrected chi connectivity index (χ1v) is 24.0. The molecule has 0 N–H and O–H groups in total. The molecule has 328 valence electrons. The summed E-state index contributed by atoms with van der Waals surface area (Å²) in [6, 6.07) is 94.2. The Balaban J connectivity index is 0.938. The van der Waals surface area contributed by atoms with E-state index in [1.54, 1.807) is 0 Å². The second-order valence-electron chi connectivity index (χ2n) is 18.3. The van der Waals surface area contributed by atoms with E-state index < -0.39 is 5.41 Å². The molecule has 1 aliphatic carbocycles. The lowest BCUT2D eigenvalue weighted by Crippen LogP contribution is -2.28. The van der Waals surface area contributed by atoms with Gasteiger partial charge in [-0.3, -0.25) is 0 Å². The normalized spacial score (nSPS) is 12.7. The van der Waals surface area contributed by atoms with Crippen LogP contribution < -0.4 is 4.90 Å². The lowest BCUT2D eigenvalue weighted by Gasteiger charge is -2.35. The Morgan fingerprint density at radius 1 is 0.271 bits per heavy atom. The van der Waals surface area contributed by atoms with Crippen LogP contribution in [0.2, 0.25) is 0 Å². The lowest BCUT2D eigenvalue weighted by atomic mass is 9.67. The molecule has 0 spiro atoms. The van der Waals surface area contributed by atoms with E-state index >= 15 is 0 Å². The quantitative estimate of drug-likeness (QED) is 0.152. The fourth-order valence-electron chi connectivity index (χ4n) is 11.5. The van der Waals surface area contributed by atoms with Gasteiger partial charge in [0.2, 0.25) is 0 Å². The van der Waals surface area contributed by atoms with Crippen molar-refractivity contribution in [1.29, 1.82) is 0 Å². The second-order valence-corrected chi connectivity index (χ2v) is 18.3. The largest absolute Gasteiger partial charge is 0.455 e. The zero-order valence-electron chi connectivity index (χ0n) is 38.1. The van der Waals surface area contributed by atoms with Crippen molar-refractivity contribution in [3.05, 3.63) is 283 Å². The van der Waals surface area contributed by atoms with E-state index in [1.165, 1.54) is 33.4 Å². The van der Waals surface area contributed by atoms with E-state index in [4.69, 9.17) is 8.83 Å². The fraction of sp³-hybridized carbons (Fsp3) is 0.0149. The SMILES string of the molecule is c1ccc(N(c2ccc(-c3cc(-c4cccc5c4oc4ccccc45)cc(-c4cccc5c4oc4ccccc45)c3)cc2)c2ccc3c(c2)C(c2ccccc2)(c2ccccc2)c2ccccc2-3)cc1. The number of hydrogen-bond donors (Lipinski definition) is 0. The Morgan fingerprint density at radius 3 is 1.31 bits per heavy atom. The van der Waals surface area contributed by atoms with Gasteiger partial charge in [0.15, 0.2) is 0 Å². The number of furan rings is 2. The van der Waals surface area contributed by atoms with Gasteiger partial charge >= 0.3 is 0 Å². The van der Waals surface area contributed by atoms with Crippen molar-refractivity contribution in [3.63, 3.8) is 0 Å². The molecule has 1 aliphatic rings. The van der Waals surface area contributed by atoms with Crippen LogP contribution in [0.25, 0.3) is 88.4 Å². The van der Waals surface area contributed by atoms with Crippen LogP contribution in [0.1, 0.15) is 22.3 Å². The predicted molar refractivity (Wildman–Crippen MR) is 289 cm³/mol. The molecule has 3 heteroatoms. The summed E-state index contributed by atoms with van der Waals surface area (Å²) in [7, 11) is 0. The molecule has 0 saturated heterocycles. The molecule has 0 radical (unpaired) electrons. The maximum Gasteiger partial charge on any atom is 0.143 e. The third kappa shape index (κ3) is 6.15. The number of rotatable bonds is 8. The summed E-state index contributed by atoms with van der Waals surface area (Å²) in [5.41, 5.74) is 20.2. The summed E-state index contributed by atoms with van der Waals surface area (Å²) in [5.74, 6) is 0. The van der Waals surface area contributed by atoms with Gasteiger partial charge < -0.3 is 13.7 Å². The van der Waals surface area contributed by atoms with Crippen molar-refractivity contribution in [1.82, 2.24) is 0 Å². The van der Waals surface area contributed by atoms with E-state index in [-0.39, 0.29) is 0 Å². The standard InChI is InChI=1S/C67H43NO2/c1-4-18-48(19-5-1)67(49-20-6-2-7-21-49)61-31-13-10-24-55(61)56-39-38-52(43-62(56)67)68(50-22-8-3-9-23-50)51-36-34-44(35-37-51)45-40-46(53-27-16-29-59-57-25-11-14-32-63(57)69-65(53)59)42-47(41-45)54-28-17-30-60-58-26-12-15-33-64(58)70-66(54)60/h1-43H. The van der Waals surface area contributed by atoms with Crippen molar-refractivity contribution in [3.8, 4) is 44.5 Å². The van der Waals surface area contributed by atoms with E-state index in [1.807, 2.05) is 24.3 Å². The Hall–Kier alpha value is -9.18. The van der Waals surface area contributed by atoms with Crippen molar-refractivity contribution in [2.24, 2.45) is 0 Å². The summed E-state index contributed by atoms with van der Waals surface area (Å²) < 4.78 is 13.3. The Morgan fingerprint density at radius 2 is 0.714 bits per heavy atom. The zero-order valence-corrected chi connectivity index (χ0v) is 38.1. The number of nitrogens with zero attached hydrogens (tertiary/aromatic N) is 1. The van der Waals surface area contributed by atoms with Gasteiger partial charge in [0.05, 0.1) is 5.41 Å². The van der Waals surface area contributed by atoms with Crippen molar-refractivity contribution >= 4 is 60.9 Å². The molecule has 0 amide bonds. The summed E-state index contributed by atoms with van der Waals surface area (Å²) >= 11 is 0. The first-order valence-electron chi connectivity index (χ1n) is 24.0. The maximum atomic E-state index is 6.65. The van der Waals surface area contributed by atoms with Crippen LogP contribution in [-0.2, 0) is 5.41 Å². The minimum atomic E-state index is -0.515. The molecule has 3 nitrogen and oxygen atoms in total. The van der Waals surface area contributed by atoms with Gasteiger partial charge in [0.1, 0.15) is 22.3 Å². The molecule has 0 bridgehead atoms. The van der Waals surface area contributed by atoms with Crippen molar-refractivity contribution in [2.45, 2.75) is 5.41 Å². The summed E-state index contributed by atoms with van der Waals surface area (Å²) in [6.45, 7) is 0. The Bertz CT molecular complexity index is 3940. The molecule has 0 atom stereocenters. The van der Waals surface area contributed by atoms with Gasteiger partial charge in [-0.05, 0) is 122 Å². The number of anilines is 3. The minimum Gasteiger partial charge on any atom is -0.455 e. The minimum absolute atomic E-state index is 0.515. The van der Waals surface area contributed by atoms with Crippen LogP contribution in [0.3, 0.4) is 0 Å². The molecule has 0 aliphatic heterocycles. The lowest BCUT2D eigenvalue weighted by molar-refractivity contribution is 0.670. The average Bonchev–Trinajstić information content (AvgIpc) is 4.10. The van der Waals surface area contributed by atoms with Crippen LogP contribution in [0.15, 0.2) is 270 Å². The Kier molecular flexibility index (Phi) is 9.11. The van der Waals surface area contributed by atoms with Crippen LogP contribution in [0.4, 0.5) is 17.1 Å². The van der Waals surface area contributed by atoms with Crippen LogP contribution in [-0.4, -0.2) is 0 Å². The zero-order chi connectivity index (χ0) is 46.2. The smallest absolute Gasteiger partial charge is 0.143 e. The van der Waals surface area contributed by atoms with Crippen molar-refractivity contribution < 1.29 is 8.83 Å². The molecular weight excluding hydrogens is 851 g/mol. The van der Waals surface area contributed by atoms with Crippen LogP contribution in [0, 0.1) is 0 Å². The highest BCUT2D eigenvalue weighted by Crippen LogP contribution is 2.57. The third-order valence-corrected chi connectivity index (χ3v) is 14.5. The van der Waals surface area contributed by atoms with Gasteiger partial charge in [-0.2, -0.15) is 0 Å². The molecule has 2 aromatic heterocycles. The maximum absolute atomic E-state index is 6.65. The molecule has 70 heavy (non-hydrogen) atoms. The van der Waals surface area contributed by atoms with E-state index in [0.29, 0.717) is 0 Å². The number of fused-ring (bicyclic) bond motifs is 9. The third-order valence-electron chi connectivity index (χ3n) is 14.5. The van der Waals surface area contributed by atoms with E-state index in [0.717, 1.165) is 94.3 Å². The van der Waals surface area contributed by atoms with Gasteiger partial charge in [-0.1, -0.05) is 194 Å². The number of hydrogen-bond acceptors (Lipinski definition) is 3. The van der Waals surface area contributed by atoms with Gasteiger partial charge in [-0.15, -0.1) is 0 Å². The second kappa shape index (κ2) is 16.0. The molecule has 0 unspecified atom stereocenters. The van der Waals surface area contributed by atoms with E-state index in [2.05, 4.69) is 241 Å². The molecule has 14 rings (SSSR count). The van der Waals surface area contributed by atoms with Crippen LogP contribution >= 0.6 is 0 Å². The number of para-hydroxylation sites is 5. The Labute approximate surface area is 405 Å². The highest BCUT2D eigenvalue weighted by molar-refractivity contribution is 6.12. The summed E-state index contributed by atoms with van der Waals surface area (Å²) in [5, 5.41) is 4.43. The van der Waals surface area contributed by atoms with Crippen LogP contribution in [0.5, 0.6) is 0 Å². The highest BCUT2D eigenvalue weighted by Gasteiger charge is 2.46. The molecule has 0 saturated carbocycles. The topological polar surface area (TPSA) is 29.5 Å². The van der Waals surface area contributed by atoms with Gasteiger partial charge in [-0.25, -0.2) is 0 Å². The predicted octanol–water partition coefficient (Wildman–Crippen LogP) is 18.3. The van der Waals surface area contributed by atoms with Gasteiger partial charge in [0.25, 0.3) is 0 Å². The number of benzene rings is 11. The summed E-state index contributed by atoms with van der Waals surface area (Å²) in [4.78, 5) is 2.39. The molecule has 2 heterocycles. The summed E-state index contributed by atoms with van der Waals surface area (Å²) in [6.07, 6.45) is 0.